The largest absolute Gasteiger partial charge is 0.366 e. The molecule has 0 amide bonds. The van der Waals surface area contributed by atoms with Crippen LogP contribution in [0.3, 0.4) is 0 Å². The van der Waals surface area contributed by atoms with E-state index in [2.05, 4.69) is 31.2 Å². The Labute approximate surface area is 127 Å². The molecule has 0 fully saturated rings. The first-order valence-corrected chi connectivity index (χ1v) is 7.17. The first-order chi connectivity index (χ1) is 9.60. The summed E-state index contributed by atoms with van der Waals surface area (Å²) in [7, 11) is 1.97. The van der Waals surface area contributed by atoms with Gasteiger partial charge in [-0.2, -0.15) is 0 Å². The van der Waals surface area contributed by atoms with Crippen LogP contribution in [0, 0.1) is 0 Å². The lowest BCUT2D eigenvalue weighted by Crippen LogP contribution is -2.25. The average Bonchev–Trinajstić information content (AvgIpc) is 2.47. The van der Waals surface area contributed by atoms with Crippen molar-refractivity contribution in [2.75, 3.05) is 23.8 Å². The molecule has 5 nitrogen and oxygen atoms in total. The summed E-state index contributed by atoms with van der Waals surface area (Å²) >= 11 is 3.43. The second-order valence-electron chi connectivity index (χ2n) is 4.58. The van der Waals surface area contributed by atoms with Crippen molar-refractivity contribution in [3.05, 3.63) is 41.1 Å². The van der Waals surface area contributed by atoms with Crippen LogP contribution in [0.1, 0.15) is 6.92 Å². The zero-order chi connectivity index (χ0) is 14.5. The molecule has 1 unspecified atom stereocenters. The van der Waals surface area contributed by atoms with E-state index in [4.69, 9.17) is 5.73 Å². The summed E-state index contributed by atoms with van der Waals surface area (Å²) in [5.41, 5.74) is 6.66. The van der Waals surface area contributed by atoms with E-state index in [1.54, 1.807) is 6.33 Å². The summed E-state index contributed by atoms with van der Waals surface area (Å²) in [6, 6.07) is 10.2. The van der Waals surface area contributed by atoms with Gasteiger partial charge in [-0.15, -0.1) is 0 Å². The molecular formula is C14H18BrN5. The number of rotatable bonds is 5. The fourth-order valence-electron chi connectivity index (χ4n) is 1.72. The maximum Gasteiger partial charge on any atom is 0.138 e. The highest BCUT2D eigenvalue weighted by Gasteiger charge is 2.08. The van der Waals surface area contributed by atoms with Gasteiger partial charge in [0.2, 0.25) is 0 Å². The highest BCUT2D eigenvalue weighted by Crippen LogP contribution is 2.24. The van der Waals surface area contributed by atoms with Gasteiger partial charge in [0, 0.05) is 35.9 Å². The standard InChI is InChI=1S/C14H18BrN5/c1-10(8-16)19-13-7-14(18-9-17-13)20(2)12-5-3-11(15)4-6-12/h3-7,9-10H,8,16H2,1-2H3,(H,17,18,19). The molecule has 0 saturated carbocycles. The molecule has 1 atom stereocenters. The smallest absolute Gasteiger partial charge is 0.138 e. The topological polar surface area (TPSA) is 67.1 Å². The normalized spacial score (nSPS) is 12.0. The Bertz CT molecular complexity index is 558. The number of anilines is 3. The molecule has 6 heteroatoms. The van der Waals surface area contributed by atoms with Crippen LogP contribution < -0.4 is 16.0 Å². The molecule has 2 aromatic rings. The minimum Gasteiger partial charge on any atom is -0.366 e. The molecule has 0 aliphatic heterocycles. The molecule has 1 aromatic carbocycles. The number of aromatic nitrogens is 2. The second kappa shape index (κ2) is 6.67. The van der Waals surface area contributed by atoms with Gasteiger partial charge in [0.15, 0.2) is 0 Å². The van der Waals surface area contributed by atoms with Crippen LogP contribution in [0.4, 0.5) is 17.3 Å². The highest BCUT2D eigenvalue weighted by atomic mass is 79.9. The van der Waals surface area contributed by atoms with E-state index in [0.29, 0.717) is 6.54 Å². The fraction of sp³-hybridized carbons (Fsp3) is 0.286. The third kappa shape index (κ3) is 3.68. The van der Waals surface area contributed by atoms with Crippen molar-refractivity contribution in [1.29, 1.82) is 0 Å². The van der Waals surface area contributed by atoms with Gasteiger partial charge in [-0.3, -0.25) is 0 Å². The van der Waals surface area contributed by atoms with Crippen molar-refractivity contribution < 1.29 is 0 Å². The first kappa shape index (κ1) is 14.7. The molecule has 106 valence electrons. The minimum absolute atomic E-state index is 0.177. The van der Waals surface area contributed by atoms with E-state index in [1.165, 1.54) is 0 Å². The van der Waals surface area contributed by atoms with Crippen molar-refractivity contribution >= 4 is 33.3 Å². The van der Waals surface area contributed by atoms with Gasteiger partial charge in [0.05, 0.1) is 0 Å². The molecule has 1 aromatic heterocycles. The predicted octanol–water partition coefficient (Wildman–Crippen LogP) is 2.77. The molecule has 0 saturated heterocycles. The summed E-state index contributed by atoms with van der Waals surface area (Å²) in [5, 5.41) is 3.24. The van der Waals surface area contributed by atoms with E-state index in [9.17, 15) is 0 Å². The van der Waals surface area contributed by atoms with Crippen molar-refractivity contribution in [3.8, 4) is 0 Å². The quantitative estimate of drug-likeness (QED) is 0.879. The van der Waals surface area contributed by atoms with E-state index >= 15 is 0 Å². The number of nitrogens with one attached hydrogen (secondary N) is 1. The van der Waals surface area contributed by atoms with Gasteiger partial charge in [-0.25, -0.2) is 9.97 Å². The maximum absolute atomic E-state index is 5.60. The van der Waals surface area contributed by atoms with Gasteiger partial charge in [0.25, 0.3) is 0 Å². The van der Waals surface area contributed by atoms with E-state index < -0.39 is 0 Å². The molecule has 0 spiro atoms. The Hall–Kier alpha value is -1.66. The van der Waals surface area contributed by atoms with Crippen LogP contribution in [-0.2, 0) is 0 Å². The van der Waals surface area contributed by atoms with Crippen LogP contribution in [0.2, 0.25) is 0 Å². The van der Waals surface area contributed by atoms with E-state index in [0.717, 1.165) is 21.8 Å². The first-order valence-electron chi connectivity index (χ1n) is 6.38. The van der Waals surface area contributed by atoms with Gasteiger partial charge >= 0.3 is 0 Å². The summed E-state index contributed by atoms with van der Waals surface area (Å²) in [6.07, 6.45) is 1.55. The van der Waals surface area contributed by atoms with Crippen LogP contribution in [0.15, 0.2) is 41.1 Å². The third-order valence-corrected chi connectivity index (χ3v) is 3.49. The van der Waals surface area contributed by atoms with Crippen molar-refractivity contribution in [3.63, 3.8) is 0 Å². The van der Waals surface area contributed by atoms with Gasteiger partial charge in [0.1, 0.15) is 18.0 Å². The SMILES string of the molecule is CC(CN)Nc1cc(N(C)c2ccc(Br)cc2)ncn1. The Morgan fingerprint density at radius 1 is 1.30 bits per heavy atom. The lowest BCUT2D eigenvalue weighted by molar-refractivity contribution is 0.797. The zero-order valence-electron chi connectivity index (χ0n) is 11.5. The Balaban J connectivity index is 2.19. The number of nitrogens with zero attached hydrogens (tertiary/aromatic N) is 3. The summed E-state index contributed by atoms with van der Waals surface area (Å²) in [5.74, 6) is 1.60. The molecule has 0 aliphatic carbocycles. The minimum atomic E-state index is 0.177. The maximum atomic E-state index is 5.60. The van der Waals surface area contributed by atoms with Crippen LogP contribution in [-0.4, -0.2) is 29.6 Å². The van der Waals surface area contributed by atoms with Crippen LogP contribution in [0.25, 0.3) is 0 Å². The van der Waals surface area contributed by atoms with Crippen LogP contribution >= 0.6 is 15.9 Å². The average molecular weight is 336 g/mol. The van der Waals surface area contributed by atoms with Gasteiger partial charge in [-0.05, 0) is 31.2 Å². The van der Waals surface area contributed by atoms with Gasteiger partial charge in [-0.1, -0.05) is 15.9 Å². The number of benzene rings is 1. The predicted molar refractivity (Wildman–Crippen MR) is 86.4 cm³/mol. The molecule has 2 rings (SSSR count). The molecule has 1 heterocycles. The van der Waals surface area contributed by atoms with E-state index in [1.807, 2.05) is 49.2 Å². The van der Waals surface area contributed by atoms with Crippen LogP contribution in [0.5, 0.6) is 0 Å². The van der Waals surface area contributed by atoms with Crippen molar-refractivity contribution in [2.24, 2.45) is 5.73 Å². The number of hydrogen-bond acceptors (Lipinski definition) is 5. The number of hydrogen-bond donors (Lipinski definition) is 2. The molecule has 0 radical (unpaired) electrons. The summed E-state index contributed by atoms with van der Waals surface area (Å²) < 4.78 is 1.05. The van der Waals surface area contributed by atoms with E-state index in [-0.39, 0.29) is 6.04 Å². The Morgan fingerprint density at radius 3 is 2.65 bits per heavy atom. The second-order valence-corrected chi connectivity index (χ2v) is 5.49. The zero-order valence-corrected chi connectivity index (χ0v) is 13.1. The molecule has 3 N–H and O–H groups in total. The Morgan fingerprint density at radius 2 is 2.00 bits per heavy atom. The Kier molecular flexibility index (Phi) is 4.92. The number of halogens is 1. The monoisotopic (exact) mass is 335 g/mol. The lowest BCUT2D eigenvalue weighted by Gasteiger charge is -2.19. The lowest BCUT2D eigenvalue weighted by atomic mass is 10.3. The molecule has 0 bridgehead atoms. The van der Waals surface area contributed by atoms with Crippen molar-refractivity contribution in [2.45, 2.75) is 13.0 Å². The third-order valence-electron chi connectivity index (χ3n) is 2.96. The number of nitrogens with two attached hydrogens (primary N) is 1. The highest BCUT2D eigenvalue weighted by molar-refractivity contribution is 9.10. The van der Waals surface area contributed by atoms with Gasteiger partial charge < -0.3 is 16.0 Å². The summed E-state index contributed by atoms with van der Waals surface area (Å²) in [6.45, 7) is 2.57. The molecule has 0 aliphatic rings. The van der Waals surface area contributed by atoms with Crippen molar-refractivity contribution in [1.82, 2.24) is 9.97 Å². The molecular weight excluding hydrogens is 318 g/mol. The molecule has 20 heavy (non-hydrogen) atoms. The fourth-order valence-corrected chi connectivity index (χ4v) is 1.98. The summed E-state index contributed by atoms with van der Waals surface area (Å²) in [4.78, 5) is 10.5.